The highest BCUT2D eigenvalue weighted by molar-refractivity contribution is 6.29. The van der Waals surface area contributed by atoms with Gasteiger partial charge in [-0.15, -0.1) is 0 Å². The van der Waals surface area contributed by atoms with Gasteiger partial charge in [0, 0.05) is 29.9 Å². The van der Waals surface area contributed by atoms with Gasteiger partial charge in [-0.25, -0.2) is 9.97 Å². The maximum Gasteiger partial charge on any atom is 0.167 e. The Morgan fingerprint density at radius 2 is 2.12 bits per heavy atom. The molecule has 0 saturated heterocycles. The number of pyridine rings is 2. The van der Waals surface area contributed by atoms with Gasteiger partial charge in [0.05, 0.1) is 0 Å². The molecule has 2 N–H and O–H groups in total. The Morgan fingerprint density at radius 3 is 2.82 bits per heavy atom. The number of nitrogens with two attached hydrogens (primary N) is 1. The molecule has 2 heterocycles. The summed E-state index contributed by atoms with van der Waals surface area (Å²) in [5.41, 5.74) is 6.91. The average Bonchev–Trinajstić information content (AvgIpc) is 2.32. The second-order valence-electron chi connectivity index (χ2n) is 3.51. The number of ketones is 1. The van der Waals surface area contributed by atoms with Gasteiger partial charge in [-0.05, 0) is 18.2 Å². The fraction of sp³-hybridized carbons (Fsp3) is 0.0833. The number of carbonyl (C=O) groups excluding carboxylic acids is 1. The molecule has 2 aromatic rings. The lowest BCUT2D eigenvalue weighted by Gasteiger charge is -2.03. The predicted octanol–water partition coefficient (Wildman–Crippen LogP) is 2.14. The first-order valence-corrected chi connectivity index (χ1v) is 5.39. The average molecular weight is 248 g/mol. The minimum atomic E-state index is -0.0611. The summed E-state index contributed by atoms with van der Waals surface area (Å²) in [6.07, 6.45) is 3.30. The Labute approximate surface area is 103 Å². The van der Waals surface area contributed by atoms with E-state index >= 15 is 0 Å². The summed E-state index contributed by atoms with van der Waals surface area (Å²) >= 11 is 5.72. The molecule has 5 heteroatoms. The number of hydrogen-bond donors (Lipinski definition) is 1. The number of aromatic nitrogens is 2. The quantitative estimate of drug-likeness (QED) is 0.666. The summed E-state index contributed by atoms with van der Waals surface area (Å²) in [7, 11) is 0. The van der Waals surface area contributed by atoms with Gasteiger partial charge in [0.15, 0.2) is 5.78 Å². The first-order valence-electron chi connectivity index (χ1n) is 5.01. The normalized spacial score (nSPS) is 10.2. The molecule has 0 fully saturated rings. The third-order valence-electron chi connectivity index (χ3n) is 2.33. The lowest BCUT2D eigenvalue weighted by molar-refractivity contribution is 0.0993. The minimum Gasteiger partial charge on any atom is -0.383 e. The van der Waals surface area contributed by atoms with Crippen molar-refractivity contribution >= 4 is 23.2 Å². The van der Waals surface area contributed by atoms with Crippen molar-refractivity contribution in [1.29, 1.82) is 0 Å². The summed E-state index contributed by atoms with van der Waals surface area (Å²) in [5.74, 6) is 0.315. The molecule has 0 aromatic carbocycles. The topological polar surface area (TPSA) is 68.9 Å². The molecule has 0 aliphatic heterocycles. The Morgan fingerprint density at radius 1 is 1.29 bits per heavy atom. The Kier molecular flexibility index (Phi) is 3.35. The molecule has 4 nitrogen and oxygen atoms in total. The lowest BCUT2D eigenvalue weighted by atomic mass is 10.0. The van der Waals surface area contributed by atoms with Crippen LogP contribution in [-0.4, -0.2) is 15.8 Å². The van der Waals surface area contributed by atoms with E-state index in [0.29, 0.717) is 22.1 Å². The standard InChI is InChI=1S/C12H10ClN3O/c13-11-7-8(3-5-15-11)10(17)6-9-2-1-4-16-12(9)14/h1-5,7H,6H2,(H2,14,16). The van der Waals surface area contributed by atoms with Gasteiger partial charge in [0.2, 0.25) is 0 Å². The third kappa shape index (κ3) is 2.79. The molecule has 86 valence electrons. The van der Waals surface area contributed by atoms with Crippen LogP contribution in [0, 0.1) is 0 Å². The zero-order chi connectivity index (χ0) is 12.3. The van der Waals surface area contributed by atoms with Crippen LogP contribution in [0.3, 0.4) is 0 Å². The molecule has 0 aliphatic carbocycles. The SMILES string of the molecule is Nc1ncccc1CC(=O)c1ccnc(Cl)c1. The second-order valence-corrected chi connectivity index (χ2v) is 3.90. The zero-order valence-electron chi connectivity index (χ0n) is 8.93. The van der Waals surface area contributed by atoms with Crippen molar-refractivity contribution in [3.05, 3.63) is 52.9 Å². The number of Topliss-reactive ketones (excluding diaryl/α,β-unsaturated/α-hetero) is 1. The second kappa shape index (κ2) is 4.93. The van der Waals surface area contributed by atoms with Gasteiger partial charge in [0.1, 0.15) is 11.0 Å². The van der Waals surface area contributed by atoms with Crippen LogP contribution >= 0.6 is 11.6 Å². The highest BCUT2D eigenvalue weighted by Crippen LogP contribution is 2.13. The number of nitrogens with zero attached hydrogens (tertiary/aromatic N) is 2. The van der Waals surface area contributed by atoms with Crippen LogP contribution in [0.25, 0.3) is 0 Å². The monoisotopic (exact) mass is 247 g/mol. The summed E-state index contributed by atoms with van der Waals surface area (Å²) < 4.78 is 0. The summed E-state index contributed by atoms with van der Waals surface area (Å²) in [4.78, 5) is 19.7. The smallest absolute Gasteiger partial charge is 0.167 e. The fourth-order valence-corrected chi connectivity index (χ4v) is 1.63. The predicted molar refractivity (Wildman–Crippen MR) is 65.9 cm³/mol. The van der Waals surface area contributed by atoms with Crippen molar-refractivity contribution < 1.29 is 4.79 Å². The minimum absolute atomic E-state index is 0.0611. The van der Waals surface area contributed by atoms with Crippen LogP contribution in [0.4, 0.5) is 5.82 Å². The molecule has 0 atom stereocenters. The lowest BCUT2D eigenvalue weighted by Crippen LogP contribution is -2.06. The van der Waals surface area contributed by atoms with Crippen LogP contribution in [0.2, 0.25) is 5.15 Å². The van der Waals surface area contributed by atoms with E-state index in [2.05, 4.69) is 9.97 Å². The molecular weight excluding hydrogens is 238 g/mol. The van der Waals surface area contributed by atoms with E-state index in [1.165, 1.54) is 12.3 Å². The van der Waals surface area contributed by atoms with Crippen molar-refractivity contribution in [2.24, 2.45) is 0 Å². The highest BCUT2D eigenvalue weighted by Gasteiger charge is 2.10. The van der Waals surface area contributed by atoms with E-state index in [9.17, 15) is 4.79 Å². The van der Waals surface area contributed by atoms with Gasteiger partial charge in [-0.2, -0.15) is 0 Å². The molecule has 0 spiro atoms. The molecule has 0 unspecified atom stereocenters. The van der Waals surface area contributed by atoms with Gasteiger partial charge in [-0.1, -0.05) is 17.7 Å². The molecule has 0 radical (unpaired) electrons. The Balaban J connectivity index is 2.20. The largest absolute Gasteiger partial charge is 0.383 e. The number of anilines is 1. The van der Waals surface area contributed by atoms with E-state index in [0.717, 1.165) is 0 Å². The summed E-state index contributed by atoms with van der Waals surface area (Å²) in [6, 6.07) is 6.69. The van der Waals surface area contributed by atoms with Crippen molar-refractivity contribution in [2.45, 2.75) is 6.42 Å². The Bertz CT molecular complexity index is 557. The van der Waals surface area contributed by atoms with E-state index in [4.69, 9.17) is 17.3 Å². The first kappa shape index (κ1) is 11.5. The van der Waals surface area contributed by atoms with E-state index in [1.54, 1.807) is 24.4 Å². The van der Waals surface area contributed by atoms with E-state index in [-0.39, 0.29) is 12.2 Å². The third-order valence-corrected chi connectivity index (χ3v) is 2.53. The number of nitrogen functional groups attached to an aromatic ring is 1. The molecule has 0 amide bonds. The van der Waals surface area contributed by atoms with Crippen LogP contribution in [0.1, 0.15) is 15.9 Å². The van der Waals surface area contributed by atoms with Gasteiger partial charge in [-0.3, -0.25) is 4.79 Å². The number of hydrogen-bond acceptors (Lipinski definition) is 4. The van der Waals surface area contributed by atoms with Crippen LogP contribution < -0.4 is 5.73 Å². The number of carbonyl (C=O) groups is 1. The molecule has 0 saturated carbocycles. The van der Waals surface area contributed by atoms with E-state index in [1.807, 2.05) is 0 Å². The molecule has 2 aromatic heterocycles. The molecule has 0 aliphatic rings. The number of halogens is 1. The van der Waals surface area contributed by atoms with Crippen LogP contribution in [0.5, 0.6) is 0 Å². The maximum absolute atomic E-state index is 11.9. The summed E-state index contributed by atoms with van der Waals surface area (Å²) in [6.45, 7) is 0. The van der Waals surface area contributed by atoms with Crippen LogP contribution in [-0.2, 0) is 6.42 Å². The Hall–Kier alpha value is -1.94. The van der Waals surface area contributed by atoms with Crippen molar-refractivity contribution in [1.82, 2.24) is 9.97 Å². The van der Waals surface area contributed by atoms with Gasteiger partial charge >= 0.3 is 0 Å². The summed E-state index contributed by atoms with van der Waals surface area (Å²) in [5, 5.41) is 0.301. The highest BCUT2D eigenvalue weighted by atomic mass is 35.5. The zero-order valence-corrected chi connectivity index (χ0v) is 9.69. The molecule has 2 rings (SSSR count). The molecule has 0 bridgehead atoms. The first-order chi connectivity index (χ1) is 8.16. The van der Waals surface area contributed by atoms with Crippen LogP contribution in [0.15, 0.2) is 36.7 Å². The van der Waals surface area contributed by atoms with E-state index < -0.39 is 0 Å². The molecular formula is C12H10ClN3O. The number of rotatable bonds is 3. The van der Waals surface area contributed by atoms with Crippen molar-refractivity contribution in [3.63, 3.8) is 0 Å². The molecule has 17 heavy (non-hydrogen) atoms. The fourth-order valence-electron chi connectivity index (χ4n) is 1.45. The maximum atomic E-state index is 11.9. The van der Waals surface area contributed by atoms with Gasteiger partial charge in [0.25, 0.3) is 0 Å². The van der Waals surface area contributed by atoms with Crippen molar-refractivity contribution in [3.8, 4) is 0 Å². The van der Waals surface area contributed by atoms with Gasteiger partial charge < -0.3 is 5.73 Å². The van der Waals surface area contributed by atoms with Crippen molar-refractivity contribution in [2.75, 3.05) is 5.73 Å².